The van der Waals surface area contributed by atoms with E-state index in [1.807, 2.05) is 6.92 Å². The van der Waals surface area contributed by atoms with Crippen LogP contribution in [0.15, 0.2) is 18.5 Å². The Kier molecular flexibility index (Phi) is 5.03. The van der Waals surface area contributed by atoms with Gasteiger partial charge in [0.1, 0.15) is 17.8 Å². The van der Waals surface area contributed by atoms with Crippen molar-refractivity contribution in [3.63, 3.8) is 0 Å². The highest BCUT2D eigenvalue weighted by Gasteiger charge is 2.14. The number of aromatic nitrogens is 2. The van der Waals surface area contributed by atoms with E-state index in [4.69, 9.17) is 33.7 Å². The number of rotatable bonds is 5. The second kappa shape index (κ2) is 6.78. The molecule has 0 spiro atoms. The molecule has 0 radical (unpaired) electrons. The van der Waals surface area contributed by atoms with Gasteiger partial charge in [0.05, 0.1) is 22.3 Å². The molecule has 0 aliphatic rings. The summed E-state index contributed by atoms with van der Waals surface area (Å²) in [6.07, 6.45) is 2.12. The van der Waals surface area contributed by atoms with E-state index in [1.165, 1.54) is 6.33 Å². The molecule has 112 valence electrons. The van der Waals surface area contributed by atoms with Crippen molar-refractivity contribution in [2.75, 3.05) is 17.7 Å². The second-order valence-corrected chi connectivity index (χ2v) is 4.97. The van der Waals surface area contributed by atoms with Gasteiger partial charge in [0.15, 0.2) is 5.82 Å². The molecular weight excluding hydrogens is 318 g/mol. The molecule has 3 N–H and O–H groups in total. The van der Waals surface area contributed by atoms with Crippen LogP contribution in [0.1, 0.15) is 13.3 Å². The summed E-state index contributed by atoms with van der Waals surface area (Å²) < 4.78 is 18.6. The van der Waals surface area contributed by atoms with E-state index in [1.54, 1.807) is 0 Å². The van der Waals surface area contributed by atoms with Crippen LogP contribution in [0.2, 0.25) is 10.0 Å². The van der Waals surface area contributed by atoms with Gasteiger partial charge < -0.3 is 15.8 Å². The first-order chi connectivity index (χ1) is 10.0. The quantitative estimate of drug-likeness (QED) is 0.865. The van der Waals surface area contributed by atoms with Crippen LogP contribution in [0.25, 0.3) is 0 Å². The predicted octanol–water partition coefficient (Wildman–Crippen LogP) is 4.04. The molecule has 0 amide bonds. The van der Waals surface area contributed by atoms with Gasteiger partial charge in [-0.15, -0.1) is 0 Å². The topological polar surface area (TPSA) is 73.1 Å². The SMILES string of the molecule is CCCOc1ncnc(Nc2c(Cl)cc(F)cc2Cl)c1N. The van der Waals surface area contributed by atoms with Gasteiger partial charge in [0.2, 0.25) is 5.88 Å². The monoisotopic (exact) mass is 330 g/mol. The van der Waals surface area contributed by atoms with Gasteiger partial charge in [-0.3, -0.25) is 0 Å². The van der Waals surface area contributed by atoms with E-state index in [9.17, 15) is 4.39 Å². The van der Waals surface area contributed by atoms with Crippen molar-refractivity contribution >= 4 is 40.4 Å². The lowest BCUT2D eigenvalue weighted by atomic mass is 10.3. The van der Waals surface area contributed by atoms with Crippen LogP contribution < -0.4 is 15.8 Å². The smallest absolute Gasteiger partial charge is 0.242 e. The number of benzene rings is 1. The fourth-order valence-electron chi connectivity index (χ4n) is 1.57. The lowest BCUT2D eigenvalue weighted by Gasteiger charge is -2.13. The number of nitrogens with two attached hydrogens (primary N) is 1. The Morgan fingerprint density at radius 2 is 1.95 bits per heavy atom. The van der Waals surface area contributed by atoms with Crippen molar-refractivity contribution in [1.29, 1.82) is 0 Å². The number of hydrogen-bond acceptors (Lipinski definition) is 5. The summed E-state index contributed by atoms with van der Waals surface area (Å²) >= 11 is 11.9. The van der Waals surface area contributed by atoms with Crippen LogP contribution in [-0.2, 0) is 0 Å². The fraction of sp³-hybridized carbons (Fsp3) is 0.231. The molecule has 0 atom stereocenters. The molecule has 0 aliphatic heterocycles. The molecule has 8 heteroatoms. The maximum absolute atomic E-state index is 13.2. The molecule has 21 heavy (non-hydrogen) atoms. The molecule has 0 aliphatic carbocycles. The molecule has 0 saturated carbocycles. The highest BCUT2D eigenvalue weighted by molar-refractivity contribution is 6.39. The number of nitrogens with zero attached hydrogens (tertiary/aromatic N) is 2. The minimum absolute atomic E-state index is 0.119. The van der Waals surface area contributed by atoms with Gasteiger partial charge in [0.25, 0.3) is 0 Å². The van der Waals surface area contributed by atoms with Gasteiger partial charge in [-0.05, 0) is 18.6 Å². The maximum atomic E-state index is 13.2. The Morgan fingerprint density at radius 1 is 1.29 bits per heavy atom. The minimum Gasteiger partial charge on any atom is -0.476 e. The third kappa shape index (κ3) is 3.65. The largest absolute Gasteiger partial charge is 0.476 e. The lowest BCUT2D eigenvalue weighted by molar-refractivity contribution is 0.307. The second-order valence-electron chi connectivity index (χ2n) is 4.16. The van der Waals surface area contributed by atoms with Crippen LogP contribution in [0.3, 0.4) is 0 Å². The normalized spacial score (nSPS) is 10.5. The van der Waals surface area contributed by atoms with E-state index in [2.05, 4.69) is 15.3 Å². The van der Waals surface area contributed by atoms with E-state index in [0.29, 0.717) is 12.3 Å². The molecule has 1 aromatic carbocycles. The molecule has 0 saturated heterocycles. The van der Waals surface area contributed by atoms with E-state index in [-0.39, 0.29) is 27.4 Å². The molecule has 0 fully saturated rings. The summed E-state index contributed by atoms with van der Waals surface area (Å²) in [5.74, 6) is 0.0217. The van der Waals surface area contributed by atoms with Crippen molar-refractivity contribution in [3.05, 3.63) is 34.3 Å². The molecule has 5 nitrogen and oxygen atoms in total. The number of halogens is 3. The third-order valence-electron chi connectivity index (χ3n) is 2.54. The number of anilines is 3. The van der Waals surface area contributed by atoms with Crippen LogP contribution >= 0.6 is 23.2 Å². The molecule has 1 aromatic heterocycles. The first-order valence-electron chi connectivity index (χ1n) is 6.17. The molecule has 1 heterocycles. The summed E-state index contributed by atoms with van der Waals surface area (Å²) in [7, 11) is 0. The Balaban J connectivity index is 2.32. The number of ether oxygens (including phenoxy) is 1. The summed E-state index contributed by atoms with van der Waals surface area (Å²) in [4.78, 5) is 7.96. The zero-order valence-electron chi connectivity index (χ0n) is 11.2. The van der Waals surface area contributed by atoms with E-state index >= 15 is 0 Å². The first kappa shape index (κ1) is 15.6. The van der Waals surface area contributed by atoms with E-state index < -0.39 is 5.82 Å². The van der Waals surface area contributed by atoms with Crippen LogP contribution in [-0.4, -0.2) is 16.6 Å². The lowest BCUT2D eigenvalue weighted by Crippen LogP contribution is -2.06. The number of hydrogen-bond donors (Lipinski definition) is 2. The van der Waals surface area contributed by atoms with Crippen molar-refractivity contribution in [2.45, 2.75) is 13.3 Å². The minimum atomic E-state index is -0.529. The average Bonchev–Trinajstić information content (AvgIpc) is 2.43. The predicted molar refractivity (Wildman–Crippen MR) is 81.9 cm³/mol. The highest BCUT2D eigenvalue weighted by Crippen LogP contribution is 2.36. The molecule has 0 unspecified atom stereocenters. The Labute approximate surface area is 131 Å². The Hall–Kier alpha value is -1.79. The van der Waals surface area contributed by atoms with Crippen molar-refractivity contribution in [3.8, 4) is 5.88 Å². The summed E-state index contributed by atoms with van der Waals surface area (Å²) in [6.45, 7) is 2.45. The first-order valence-corrected chi connectivity index (χ1v) is 6.93. The van der Waals surface area contributed by atoms with Crippen LogP contribution in [0, 0.1) is 5.82 Å². The Bertz CT molecular complexity index is 631. The van der Waals surface area contributed by atoms with Gasteiger partial charge >= 0.3 is 0 Å². The van der Waals surface area contributed by atoms with Crippen molar-refractivity contribution in [1.82, 2.24) is 9.97 Å². The van der Waals surface area contributed by atoms with Crippen LogP contribution in [0.5, 0.6) is 5.88 Å². The number of nitrogen functional groups attached to an aromatic ring is 1. The fourth-order valence-corrected chi connectivity index (χ4v) is 2.13. The molecular formula is C13H13Cl2FN4O. The van der Waals surface area contributed by atoms with Gasteiger partial charge in [-0.1, -0.05) is 30.1 Å². The summed E-state index contributed by atoms with van der Waals surface area (Å²) in [5.41, 5.74) is 6.47. The number of nitrogens with one attached hydrogen (secondary N) is 1. The van der Waals surface area contributed by atoms with Gasteiger partial charge in [-0.2, -0.15) is 4.98 Å². The molecule has 0 bridgehead atoms. The highest BCUT2D eigenvalue weighted by atomic mass is 35.5. The standard InChI is InChI=1S/C13H13Cl2FN4O/c1-2-3-21-13-10(17)12(18-6-19-13)20-11-8(14)4-7(16)5-9(11)15/h4-6H,2-3,17H2,1H3,(H,18,19,20). The van der Waals surface area contributed by atoms with Gasteiger partial charge in [0, 0.05) is 0 Å². The van der Waals surface area contributed by atoms with Crippen LogP contribution in [0.4, 0.5) is 21.6 Å². The van der Waals surface area contributed by atoms with E-state index in [0.717, 1.165) is 18.6 Å². The summed E-state index contributed by atoms with van der Waals surface area (Å²) in [6, 6.07) is 2.28. The molecule has 2 rings (SSSR count). The molecule has 2 aromatic rings. The van der Waals surface area contributed by atoms with Crippen molar-refractivity contribution < 1.29 is 9.13 Å². The Morgan fingerprint density at radius 3 is 2.57 bits per heavy atom. The maximum Gasteiger partial charge on any atom is 0.242 e. The summed E-state index contributed by atoms with van der Waals surface area (Å²) in [5, 5.41) is 3.11. The third-order valence-corrected chi connectivity index (χ3v) is 3.14. The van der Waals surface area contributed by atoms with Gasteiger partial charge in [-0.25, -0.2) is 9.37 Å². The average molecular weight is 331 g/mol. The zero-order valence-corrected chi connectivity index (χ0v) is 12.7. The zero-order chi connectivity index (χ0) is 15.4. The van der Waals surface area contributed by atoms with Crippen molar-refractivity contribution in [2.24, 2.45) is 0 Å².